The molecule has 94 valence electrons. The summed E-state index contributed by atoms with van der Waals surface area (Å²) in [7, 11) is 0. The average Bonchev–Trinajstić information content (AvgIpc) is 2.81. The van der Waals surface area contributed by atoms with Crippen molar-refractivity contribution < 1.29 is 9.34 Å². The number of hydrogen-bond donors (Lipinski definition) is 0. The highest BCUT2D eigenvalue weighted by molar-refractivity contribution is 5.99. The zero-order valence-electron chi connectivity index (χ0n) is 10.3. The Morgan fingerprint density at radius 1 is 1.05 bits per heavy atom. The molecule has 0 N–H and O–H groups in total. The van der Waals surface area contributed by atoms with Crippen LogP contribution in [0.5, 0.6) is 0 Å². The Kier molecular flexibility index (Phi) is 2.56. The topological polar surface area (TPSA) is 56.3 Å². The number of nitro groups is 1. The fraction of sp³-hybridized carbons (Fsp3) is 0.0667. The molecule has 4 nitrogen and oxygen atoms in total. The van der Waals surface area contributed by atoms with E-state index in [0.717, 1.165) is 16.5 Å². The van der Waals surface area contributed by atoms with Gasteiger partial charge in [-0.15, -0.1) is 0 Å². The van der Waals surface area contributed by atoms with Gasteiger partial charge >= 0.3 is 5.88 Å². The lowest BCUT2D eigenvalue weighted by Gasteiger charge is -1.97. The van der Waals surface area contributed by atoms with Crippen molar-refractivity contribution in [3.8, 4) is 11.1 Å². The van der Waals surface area contributed by atoms with Crippen molar-refractivity contribution in [2.45, 2.75) is 6.92 Å². The van der Waals surface area contributed by atoms with E-state index in [-0.39, 0.29) is 5.88 Å². The first-order chi connectivity index (χ1) is 9.18. The Labute approximate surface area is 109 Å². The van der Waals surface area contributed by atoms with Crippen LogP contribution in [0.15, 0.2) is 52.9 Å². The number of hydrogen-bond acceptors (Lipinski definition) is 3. The highest BCUT2D eigenvalue weighted by Gasteiger charge is 2.25. The standard InChI is InChI=1S/C15H11NO3/c1-10-6-5-9-12-13(11-7-3-2-4-8-11)15(16(17)18)19-14(10)12/h2-9H,1H3. The van der Waals surface area contributed by atoms with E-state index in [1.54, 1.807) is 0 Å². The molecule has 3 aromatic rings. The first-order valence-corrected chi connectivity index (χ1v) is 5.90. The fourth-order valence-electron chi connectivity index (χ4n) is 2.26. The van der Waals surface area contributed by atoms with Crippen molar-refractivity contribution >= 4 is 16.9 Å². The second-order valence-electron chi connectivity index (χ2n) is 4.36. The van der Waals surface area contributed by atoms with Gasteiger partial charge in [-0.3, -0.25) is 10.1 Å². The van der Waals surface area contributed by atoms with Gasteiger partial charge in [-0.25, -0.2) is 0 Å². The largest absolute Gasteiger partial charge is 0.442 e. The van der Waals surface area contributed by atoms with Crippen molar-refractivity contribution in [3.63, 3.8) is 0 Å². The molecule has 0 atom stereocenters. The molecule has 1 heterocycles. The number of benzene rings is 2. The molecule has 0 aliphatic heterocycles. The van der Waals surface area contributed by atoms with Crippen LogP contribution in [0.1, 0.15) is 5.56 Å². The van der Waals surface area contributed by atoms with E-state index < -0.39 is 4.92 Å². The predicted molar refractivity (Wildman–Crippen MR) is 73.0 cm³/mol. The Bertz CT molecular complexity index is 760. The molecule has 0 aliphatic rings. The first kappa shape index (κ1) is 11.5. The molecule has 19 heavy (non-hydrogen) atoms. The molecular formula is C15H11NO3. The highest BCUT2D eigenvalue weighted by Crippen LogP contribution is 2.40. The highest BCUT2D eigenvalue weighted by atomic mass is 16.6. The third kappa shape index (κ3) is 1.78. The summed E-state index contributed by atoms with van der Waals surface area (Å²) in [6, 6.07) is 14.9. The number of furan rings is 1. The lowest BCUT2D eigenvalue weighted by atomic mass is 10.0. The summed E-state index contributed by atoms with van der Waals surface area (Å²) in [5, 5.41) is 12.0. The van der Waals surface area contributed by atoms with Crippen LogP contribution in [0.2, 0.25) is 0 Å². The van der Waals surface area contributed by atoms with Gasteiger partial charge in [-0.2, -0.15) is 0 Å². The lowest BCUT2D eigenvalue weighted by Crippen LogP contribution is -1.87. The van der Waals surface area contributed by atoms with Gasteiger partial charge in [0.05, 0.1) is 0 Å². The molecule has 1 aromatic heterocycles. The molecule has 0 unspecified atom stereocenters. The van der Waals surface area contributed by atoms with Crippen molar-refractivity contribution in [1.82, 2.24) is 0 Å². The van der Waals surface area contributed by atoms with E-state index in [1.807, 2.05) is 55.5 Å². The summed E-state index contributed by atoms with van der Waals surface area (Å²) in [6.07, 6.45) is 0. The van der Waals surface area contributed by atoms with Crippen LogP contribution in [0.4, 0.5) is 5.88 Å². The molecule has 0 bridgehead atoms. The Morgan fingerprint density at radius 2 is 1.79 bits per heavy atom. The molecule has 0 saturated heterocycles. The normalized spacial score (nSPS) is 10.8. The van der Waals surface area contributed by atoms with E-state index in [4.69, 9.17) is 4.42 Å². The van der Waals surface area contributed by atoms with Gasteiger partial charge in [0.1, 0.15) is 16.1 Å². The number of rotatable bonds is 2. The minimum Gasteiger partial charge on any atom is -0.400 e. The Morgan fingerprint density at radius 3 is 2.47 bits per heavy atom. The van der Waals surface area contributed by atoms with Gasteiger partial charge in [0, 0.05) is 5.39 Å². The van der Waals surface area contributed by atoms with Crippen LogP contribution >= 0.6 is 0 Å². The third-order valence-corrected chi connectivity index (χ3v) is 3.12. The van der Waals surface area contributed by atoms with Gasteiger partial charge < -0.3 is 4.42 Å². The molecule has 0 aliphatic carbocycles. The van der Waals surface area contributed by atoms with E-state index >= 15 is 0 Å². The smallest absolute Gasteiger partial charge is 0.400 e. The fourth-order valence-corrected chi connectivity index (χ4v) is 2.26. The van der Waals surface area contributed by atoms with E-state index in [2.05, 4.69) is 0 Å². The van der Waals surface area contributed by atoms with Crippen LogP contribution in [-0.2, 0) is 0 Å². The second-order valence-corrected chi connectivity index (χ2v) is 4.36. The van der Waals surface area contributed by atoms with Gasteiger partial charge in [-0.05, 0) is 18.1 Å². The maximum Gasteiger partial charge on any atom is 0.442 e. The second kappa shape index (κ2) is 4.24. The SMILES string of the molecule is Cc1cccc2c(-c3ccccc3)c([N+](=O)[O-])oc12. The number of nitrogens with zero attached hydrogens (tertiary/aromatic N) is 1. The molecule has 3 rings (SSSR count). The summed E-state index contributed by atoms with van der Waals surface area (Å²) in [4.78, 5) is 10.7. The van der Waals surface area contributed by atoms with Crippen LogP contribution in [0.3, 0.4) is 0 Å². The minimum atomic E-state index is -0.470. The van der Waals surface area contributed by atoms with Crippen molar-refractivity contribution in [2.24, 2.45) is 0 Å². The van der Waals surface area contributed by atoms with Crippen LogP contribution in [-0.4, -0.2) is 4.92 Å². The molecular weight excluding hydrogens is 242 g/mol. The summed E-state index contributed by atoms with van der Waals surface area (Å²) in [5.74, 6) is -0.199. The zero-order chi connectivity index (χ0) is 13.4. The molecule has 0 radical (unpaired) electrons. The van der Waals surface area contributed by atoms with Crippen LogP contribution in [0.25, 0.3) is 22.1 Å². The molecule has 0 fully saturated rings. The van der Waals surface area contributed by atoms with Gasteiger partial charge in [0.2, 0.25) is 0 Å². The van der Waals surface area contributed by atoms with E-state index in [0.29, 0.717) is 11.1 Å². The van der Waals surface area contributed by atoms with E-state index in [1.165, 1.54) is 0 Å². The van der Waals surface area contributed by atoms with E-state index in [9.17, 15) is 10.1 Å². The molecule has 0 saturated carbocycles. The van der Waals surface area contributed by atoms with Crippen molar-refractivity contribution in [3.05, 3.63) is 64.2 Å². The monoisotopic (exact) mass is 253 g/mol. The summed E-state index contributed by atoms with van der Waals surface area (Å²) < 4.78 is 5.45. The molecule has 0 spiro atoms. The maximum absolute atomic E-state index is 11.2. The molecule has 4 heteroatoms. The average molecular weight is 253 g/mol. The number of para-hydroxylation sites is 1. The number of aryl methyl sites for hydroxylation is 1. The molecule has 0 amide bonds. The van der Waals surface area contributed by atoms with Crippen molar-refractivity contribution in [1.29, 1.82) is 0 Å². The Hall–Kier alpha value is -2.62. The van der Waals surface area contributed by atoms with Gasteiger partial charge in [0.15, 0.2) is 0 Å². The predicted octanol–water partition coefficient (Wildman–Crippen LogP) is 4.32. The summed E-state index contributed by atoms with van der Waals surface area (Å²) in [5.41, 5.74) is 2.80. The summed E-state index contributed by atoms with van der Waals surface area (Å²) >= 11 is 0. The Balaban J connectivity index is 2.42. The third-order valence-electron chi connectivity index (χ3n) is 3.12. The minimum absolute atomic E-state index is 0.199. The van der Waals surface area contributed by atoms with Gasteiger partial charge in [0.25, 0.3) is 0 Å². The van der Waals surface area contributed by atoms with Crippen molar-refractivity contribution in [2.75, 3.05) is 0 Å². The van der Waals surface area contributed by atoms with Gasteiger partial charge in [-0.1, -0.05) is 48.5 Å². The lowest BCUT2D eigenvalue weighted by molar-refractivity contribution is -0.400. The maximum atomic E-state index is 11.2. The van der Waals surface area contributed by atoms with Crippen LogP contribution < -0.4 is 0 Å². The first-order valence-electron chi connectivity index (χ1n) is 5.90. The summed E-state index contributed by atoms with van der Waals surface area (Å²) in [6.45, 7) is 1.88. The molecule has 2 aromatic carbocycles. The van der Waals surface area contributed by atoms with Crippen LogP contribution in [0, 0.1) is 17.0 Å². The zero-order valence-corrected chi connectivity index (χ0v) is 10.3. The number of fused-ring (bicyclic) bond motifs is 1. The quantitative estimate of drug-likeness (QED) is 0.505.